The maximum Gasteiger partial charge on any atom is 0.338 e. The van der Waals surface area contributed by atoms with Gasteiger partial charge in [0.15, 0.2) is 6.10 Å². The number of carboxylic acids is 1. The predicted octanol–water partition coefficient (Wildman–Crippen LogP) is 2.13. The van der Waals surface area contributed by atoms with Crippen LogP contribution in [0.15, 0.2) is 42.7 Å². The number of likely N-dealkylation sites (tertiary alicyclic amines) is 1. The Balaban J connectivity index is 1.63. The molecule has 1 aliphatic rings. The zero-order valence-electron chi connectivity index (χ0n) is 14.0. The van der Waals surface area contributed by atoms with E-state index in [4.69, 9.17) is 9.84 Å². The van der Waals surface area contributed by atoms with Crippen molar-refractivity contribution < 1.29 is 19.4 Å². The number of ether oxygens (including phenoxy) is 1. The molecule has 0 saturated carbocycles. The standard InChI is InChI=1S/C18H21N3O4/c1-25-16(13-5-3-2-4-6-13)17(22)20-9-7-15(8-10-20)21-12-14(11-19-21)18(23)24/h2-6,11-12,15-16H,7-10H2,1H3,(H,23,24). The van der Waals surface area contributed by atoms with E-state index in [1.807, 2.05) is 30.3 Å². The molecule has 1 unspecified atom stereocenters. The zero-order chi connectivity index (χ0) is 17.8. The fourth-order valence-corrected chi connectivity index (χ4v) is 3.17. The van der Waals surface area contributed by atoms with Crippen LogP contribution in [0.1, 0.15) is 40.9 Å². The van der Waals surface area contributed by atoms with Crippen LogP contribution in [0.4, 0.5) is 0 Å². The quantitative estimate of drug-likeness (QED) is 0.899. The summed E-state index contributed by atoms with van der Waals surface area (Å²) in [5, 5.41) is 13.1. The molecule has 25 heavy (non-hydrogen) atoms. The number of methoxy groups -OCH3 is 1. The van der Waals surface area contributed by atoms with Crippen LogP contribution in [0.3, 0.4) is 0 Å². The molecule has 132 valence electrons. The largest absolute Gasteiger partial charge is 0.478 e. The molecule has 7 nitrogen and oxygen atoms in total. The van der Waals surface area contributed by atoms with Crippen molar-refractivity contribution in [2.24, 2.45) is 0 Å². The van der Waals surface area contributed by atoms with Crippen molar-refractivity contribution in [1.29, 1.82) is 0 Å². The minimum atomic E-state index is -0.982. The van der Waals surface area contributed by atoms with E-state index in [9.17, 15) is 9.59 Å². The first kappa shape index (κ1) is 17.2. The Morgan fingerprint density at radius 1 is 1.24 bits per heavy atom. The Labute approximate surface area is 145 Å². The summed E-state index contributed by atoms with van der Waals surface area (Å²) in [6.45, 7) is 1.19. The van der Waals surface area contributed by atoms with Crippen LogP contribution in [-0.4, -0.2) is 51.9 Å². The third kappa shape index (κ3) is 3.71. The fraction of sp³-hybridized carbons (Fsp3) is 0.389. The summed E-state index contributed by atoms with van der Waals surface area (Å²) in [7, 11) is 1.54. The maximum atomic E-state index is 12.8. The molecule has 1 aromatic heterocycles. The molecule has 0 spiro atoms. The molecule has 1 saturated heterocycles. The van der Waals surface area contributed by atoms with E-state index in [-0.39, 0.29) is 17.5 Å². The number of hydrogen-bond donors (Lipinski definition) is 1. The number of rotatable bonds is 5. The average Bonchev–Trinajstić information content (AvgIpc) is 3.14. The second kappa shape index (κ2) is 7.48. The molecule has 2 heterocycles. The summed E-state index contributed by atoms with van der Waals surface area (Å²) in [6.07, 6.45) is 3.78. The first-order valence-corrected chi connectivity index (χ1v) is 8.24. The van der Waals surface area contributed by atoms with Gasteiger partial charge in [0.25, 0.3) is 5.91 Å². The molecule has 7 heteroatoms. The lowest BCUT2D eigenvalue weighted by molar-refractivity contribution is -0.143. The van der Waals surface area contributed by atoms with Crippen LogP contribution < -0.4 is 0 Å². The van der Waals surface area contributed by atoms with Crippen molar-refractivity contribution in [3.8, 4) is 0 Å². The topological polar surface area (TPSA) is 84.7 Å². The Morgan fingerprint density at radius 2 is 1.92 bits per heavy atom. The fourth-order valence-electron chi connectivity index (χ4n) is 3.17. The van der Waals surface area contributed by atoms with Gasteiger partial charge in [-0.2, -0.15) is 5.10 Å². The Bertz CT molecular complexity index is 736. The Hall–Kier alpha value is -2.67. The first-order chi connectivity index (χ1) is 12.1. The molecule has 2 aromatic rings. The average molecular weight is 343 g/mol. The number of amides is 1. The Morgan fingerprint density at radius 3 is 2.48 bits per heavy atom. The number of hydrogen-bond acceptors (Lipinski definition) is 4. The van der Waals surface area contributed by atoms with E-state index in [0.29, 0.717) is 13.1 Å². The second-order valence-electron chi connectivity index (χ2n) is 6.10. The van der Waals surface area contributed by atoms with E-state index in [1.54, 1.807) is 22.9 Å². The second-order valence-corrected chi connectivity index (χ2v) is 6.10. The predicted molar refractivity (Wildman–Crippen MR) is 90.2 cm³/mol. The van der Waals surface area contributed by atoms with Gasteiger partial charge in [-0.05, 0) is 18.4 Å². The van der Waals surface area contributed by atoms with E-state index in [0.717, 1.165) is 18.4 Å². The van der Waals surface area contributed by atoms with Gasteiger partial charge in [-0.1, -0.05) is 30.3 Å². The van der Waals surface area contributed by atoms with Crippen LogP contribution in [0, 0.1) is 0 Å². The lowest BCUT2D eigenvalue weighted by atomic mass is 10.0. The summed E-state index contributed by atoms with van der Waals surface area (Å²) in [5.41, 5.74) is 1.03. The molecule has 1 aromatic carbocycles. The summed E-state index contributed by atoms with van der Waals surface area (Å²) >= 11 is 0. The SMILES string of the molecule is COC(C(=O)N1CCC(n2cc(C(=O)O)cn2)CC1)c1ccccc1. The molecule has 3 rings (SSSR count). The summed E-state index contributed by atoms with van der Waals surface area (Å²) in [4.78, 5) is 25.5. The third-order valence-corrected chi connectivity index (χ3v) is 4.56. The number of benzene rings is 1. The summed E-state index contributed by atoms with van der Waals surface area (Å²) in [6, 6.07) is 9.56. The van der Waals surface area contributed by atoms with Gasteiger partial charge in [-0.15, -0.1) is 0 Å². The van der Waals surface area contributed by atoms with E-state index >= 15 is 0 Å². The zero-order valence-corrected chi connectivity index (χ0v) is 14.0. The number of piperidine rings is 1. The van der Waals surface area contributed by atoms with Gasteiger partial charge in [-0.3, -0.25) is 9.48 Å². The molecule has 1 aliphatic heterocycles. The monoisotopic (exact) mass is 343 g/mol. The molecule has 0 aliphatic carbocycles. The van der Waals surface area contributed by atoms with Gasteiger partial charge in [0.2, 0.25) is 0 Å². The summed E-state index contributed by atoms with van der Waals surface area (Å²) < 4.78 is 7.11. The van der Waals surface area contributed by atoms with Gasteiger partial charge in [-0.25, -0.2) is 4.79 Å². The number of carbonyl (C=O) groups excluding carboxylic acids is 1. The third-order valence-electron chi connectivity index (χ3n) is 4.56. The highest BCUT2D eigenvalue weighted by atomic mass is 16.5. The van der Waals surface area contributed by atoms with Crippen molar-refractivity contribution >= 4 is 11.9 Å². The van der Waals surface area contributed by atoms with Crippen LogP contribution in [-0.2, 0) is 9.53 Å². The van der Waals surface area contributed by atoms with Crippen LogP contribution in [0.2, 0.25) is 0 Å². The number of carboxylic acid groups (broad SMARTS) is 1. The molecular formula is C18H21N3O4. The highest BCUT2D eigenvalue weighted by Crippen LogP contribution is 2.26. The molecule has 1 fully saturated rings. The minimum Gasteiger partial charge on any atom is -0.478 e. The minimum absolute atomic E-state index is 0.0427. The van der Waals surface area contributed by atoms with E-state index < -0.39 is 12.1 Å². The number of nitrogens with zero attached hydrogens (tertiary/aromatic N) is 3. The number of carbonyl (C=O) groups is 2. The van der Waals surface area contributed by atoms with Gasteiger partial charge in [0, 0.05) is 26.4 Å². The first-order valence-electron chi connectivity index (χ1n) is 8.24. The molecule has 1 amide bonds. The van der Waals surface area contributed by atoms with Gasteiger partial charge in [0.05, 0.1) is 17.8 Å². The number of aromatic nitrogens is 2. The lowest BCUT2D eigenvalue weighted by Gasteiger charge is -2.34. The van der Waals surface area contributed by atoms with Crippen molar-refractivity contribution in [1.82, 2.24) is 14.7 Å². The van der Waals surface area contributed by atoms with E-state index in [2.05, 4.69) is 5.10 Å². The highest BCUT2D eigenvalue weighted by molar-refractivity contribution is 5.86. The van der Waals surface area contributed by atoms with Crippen LogP contribution in [0.5, 0.6) is 0 Å². The smallest absolute Gasteiger partial charge is 0.338 e. The highest BCUT2D eigenvalue weighted by Gasteiger charge is 2.30. The van der Waals surface area contributed by atoms with Crippen LogP contribution in [0.25, 0.3) is 0 Å². The molecule has 0 bridgehead atoms. The normalized spacial score (nSPS) is 16.6. The van der Waals surface area contributed by atoms with Gasteiger partial charge in [0.1, 0.15) is 0 Å². The molecular weight excluding hydrogens is 322 g/mol. The lowest BCUT2D eigenvalue weighted by Crippen LogP contribution is -2.42. The summed E-state index contributed by atoms with van der Waals surface area (Å²) in [5.74, 6) is -1.02. The Kier molecular flexibility index (Phi) is 5.14. The maximum absolute atomic E-state index is 12.8. The molecule has 1 atom stereocenters. The number of aromatic carboxylic acids is 1. The van der Waals surface area contributed by atoms with Crippen molar-refractivity contribution in [3.05, 3.63) is 53.9 Å². The van der Waals surface area contributed by atoms with Crippen molar-refractivity contribution in [2.45, 2.75) is 25.0 Å². The molecule has 1 N–H and O–H groups in total. The van der Waals surface area contributed by atoms with Crippen LogP contribution >= 0.6 is 0 Å². The van der Waals surface area contributed by atoms with Crippen molar-refractivity contribution in [3.63, 3.8) is 0 Å². The van der Waals surface area contributed by atoms with Crippen molar-refractivity contribution in [2.75, 3.05) is 20.2 Å². The molecule has 0 radical (unpaired) electrons. The van der Waals surface area contributed by atoms with Gasteiger partial charge < -0.3 is 14.7 Å². The van der Waals surface area contributed by atoms with E-state index in [1.165, 1.54) is 6.20 Å². The van der Waals surface area contributed by atoms with Gasteiger partial charge >= 0.3 is 5.97 Å².